The Bertz CT molecular complexity index is 738. The van der Waals surface area contributed by atoms with E-state index in [9.17, 15) is 9.59 Å². The summed E-state index contributed by atoms with van der Waals surface area (Å²) < 4.78 is 11.5. The van der Waals surface area contributed by atoms with Crippen molar-refractivity contribution in [1.82, 2.24) is 20.3 Å². The van der Waals surface area contributed by atoms with Crippen molar-refractivity contribution < 1.29 is 18.8 Å². The van der Waals surface area contributed by atoms with Crippen molar-refractivity contribution in [2.45, 2.75) is 32.9 Å². The monoisotopic (exact) mass is 381 g/mol. The second-order valence-electron chi connectivity index (χ2n) is 5.68. The lowest BCUT2D eigenvalue weighted by molar-refractivity contribution is -0.142. The minimum Gasteiger partial charge on any atom is -0.467 e. The van der Waals surface area contributed by atoms with Gasteiger partial charge in [-0.05, 0) is 32.3 Å². The molecule has 1 unspecified atom stereocenters. The van der Waals surface area contributed by atoms with E-state index in [2.05, 4.69) is 20.9 Å². The molecule has 26 heavy (non-hydrogen) atoms. The predicted octanol–water partition coefficient (Wildman–Crippen LogP) is 1.95. The van der Waals surface area contributed by atoms with Crippen LogP contribution in [0.15, 0.2) is 16.9 Å². The molecule has 0 saturated carbocycles. The zero-order chi connectivity index (χ0) is 19.1. The maximum Gasteiger partial charge on any atom is 0.328 e. The van der Waals surface area contributed by atoms with Crippen LogP contribution in [-0.2, 0) is 16.1 Å². The molecule has 2 heterocycles. The summed E-state index contributed by atoms with van der Waals surface area (Å²) in [7, 11) is 1.30. The van der Waals surface area contributed by atoms with Gasteiger partial charge in [0.15, 0.2) is 0 Å². The first-order valence-electron chi connectivity index (χ1n) is 8.03. The van der Waals surface area contributed by atoms with E-state index in [1.165, 1.54) is 13.3 Å². The van der Waals surface area contributed by atoms with Gasteiger partial charge in [-0.25, -0.2) is 9.59 Å². The quantitative estimate of drug-likeness (QED) is 0.672. The fraction of sp³-hybridized carbons (Fsp3) is 0.500. The summed E-state index contributed by atoms with van der Waals surface area (Å²) in [5, 5.41) is 13.4. The maximum atomic E-state index is 12.1. The SMILES string of the molecule is COC(=O)C(CCSC)NC(=O)Nc1cnn(Cc2c(C)noc2C)c1. The van der Waals surface area contributed by atoms with E-state index in [0.29, 0.717) is 18.7 Å². The molecule has 2 aromatic rings. The molecular formula is C16H23N5O4S. The molecule has 0 aliphatic rings. The van der Waals surface area contributed by atoms with Crippen LogP contribution in [0.2, 0.25) is 0 Å². The van der Waals surface area contributed by atoms with E-state index >= 15 is 0 Å². The number of esters is 1. The minimum absolute atomic E-state index is 0.469. The number of carbonyl (C=O) groups excluding carboxylic acids is 2. The van der Waals surface area contributed by atoms with Crippen molar-refractivity contribution in [3.8, 4) is 0 Å². The number of hydrogen-bond acceptors (Lipinski definition) is 7. The van der Waals surface area contributed by atoms with Gasteiger partial charge in [0.1, 0.15) is 11.8 Å². The molecule has 0 aliphatic heterocycles. The first-order valence-corrected chi connectivity index (χ1v) is 9.42. The van der Waals surface area contributed by atoms with Gasteiger partial charge in [-0.1, -0.05) is 5.16 Å². The van der Waals surface area contributed by atoms with Crippen LogP contribution < -0.4 is 10.6 Å². The van der Waals surface area contributed by atoms with Crippen molar-refractivity contribution >= 4 is 29.4 Å². The lowest BCUT2D eigenvalue weighted by atomic mass is 10.2. The number of aryl methyl sites for hydroxylation is 2. The van der Waals surface area contributed by atoms with Crippen molar-refractivity contribution in [1.29, 1.82) is 0 Å². The number of methoxy groups -OCH3 is 1. The van der Waals surface area contributed by atoms with E-state index in [0.717, 1.165) is 22.8 Å². The van der Waals surface area contributed by atoms with E-state index in [1.54, 1.807) is 22.6 Å². The third kappa shape index (κ3) is 5.25. The smallest absolute Gasteiger partial charge is 0.328 e. The number of nitrogens with zero attached hydrogens (tertiary/aromatic N) is 3. The van der Waals surface area contributed by atoms with Gasteiger partial charge < -0.3 is 19.9 Å². The van der Waals surface area contributed by atoms with E-state index in [4.69, 9.17) is 9.26 Å². The summed E-state index contributed by atoms with van der Waals surface area (Å²) in [6, 6.07) is -1.18. The van der Waals surface area contributed by atoms with Crippen molar-refractivity contribution in [3.05, 3.63) is 29.4 Å². The molecule has 0 saturated heterocycles. The molecule has 0 bridgehead atoms. The van der Waals surface area contributed by atoms with Gasteiger partial charge in [0, 0.05) is 11.8 Å². The highest BCUT2D eigenvalue weighted by Gasteiger charge is 2.21. The molecule has 0 fully saturated rings. The van der Waals surface area contributed by atoms with Crippen LogP contribution in [0.25, 0.3) is 0 Å². The second-order valence-corrected chi connectivity index (χ2v) is 6.67. The number of rotatable bonds is 8. The lowest BCUT2D eigenvalue weighted by Crippen LogP contribution is -2.43. The van der Waals surface area contributed by atoms with Crippen LogP contribution in [0, 0.1) is 13.8 Å². The molecule has 0 radical (unpaired) electrons. The molecular weight excluding hydrogens is 358 g/mol. The van der Waals surface area contributed by atoms with Gasteiger partial charge in [0.05, 0.1) is 31.2 Å². The van der Waals surface area contributed by atoms with Gasteiger partial charge in [0.2, 0.25) is 0 Å². The van der Waals surface area contributed by atoms with Crippen molar-refractivity contribution in [3.63, 3.8) is 0 Å². The fourth-order valence-corrected chi connectivity index (χ4v) is 2.83. The summed E-state index contributed by atoms with van der Waals surface area (Å²) in [5.41, 5.74) is 2.27. The number of anilines is 1. The zero-order valence-corrected chi connectivity index (χ0v) is 16.1. The Balaban J connectivity index is 1.94. The highest BCUT2D eigenvalue weighted by atomic mass is 32.2. The van der Waals surface area contributed by atoms with Gasteiger partial charge in [-0.3, -0.25) is 4.68 Å². The number of ether oxygens (including phenoxy) is 1. The highest BCUT2D eigenvalue weighted by molar-refractivity contribution is 7.98. The molecule has 0 aromatic carbocycles. The molecule has 2 aromatic heterocycles. The van der Waals surface area contributed by atoms with Crippen LogP contribution >= 0.6 is 11.8 Å². The van der Waals surface area contributed by atoms with Crippen LogP contribution in [0.3, 0.4) is 0 Å². The summed E-state index contributed by atoms with van der Waals surface area (Å²) in [6.45, 7) is 4.19. The van der Waals surface area contributed by atoms with Gasteiger partial charge in [-0.2, -0.15) is 16.9 Å². The molecule has 2 N–H and O–H groups in total. The number of carbonyl (C=O) groups is 2. The normalized spacial score (nSPS) is 11.8. The van der Waals surface area contributed by atoms with Crippen molar-refractivity contribution in [2.24, 2.45) is 0 Å². The van der Waals surface area contributed by atoms with E-state index in [-0.39, 0.29) is 0 Å². The first kappa shape index (κ1) is 19.8. The average molecular weight is 381 g/mol. The molecule has 0 aliphatic carbocycles. The highest BCUT2D eigenvalue weighted by Crippen LogP contribution is 2.15. The van der Waals surface area contributed by atoms with Gasteiger partial charge >= 0.3 is 12.0 Å². The van der Waals surface area contributed by atoms with Crippen LogP contribution in [-0.4, -0.2) is 52.1 Å². The predicted molar refractivity (Wildman–Crippen MR) is 98.3 cm³/mol. The molecule has 2 rings (SSSR count). The number of urea groups is 1. The topological polar surface area (TPSA) is 111 Å². The van der Waals surface area contributed by atoms with Crippen LogP contribution in [0.5, 0.6) is 0 Å². The van der Waals surface area contributed by atoms with Crippen LogP contribution in [0.4, 0.5) is 10.5 Å². The van der Waals surface area contributed by atoms with Gasteiger partial charge in [0.25, 0.3) is 0 Å². The summed E-state index contributed by atoms with van der Waals surface area (Å²) in [5.74, 6) is 0.998. The standard InChI is InChI=1S/C16H23N5O4S/c1-10-13(11(2)25-20-10)9-21-8-12(7-17-21)18-16(23)19-14(5-6-26-4)15(22)24-3/h7-8,14H,5-6,9H2,1-4H3,(H2,18,19,23). The number of thioether (sulfide) groups is 1. The summed E-state index contributed by atoms with van der Waals surface area (Å²) in [6.07, 6.45) is 5.65. The Morgan fingerprint density at radius 3 is 2.81 bits per heavy atom. The Kier molecular flexibility index (Phi) is 7.07. The molecule has 10 heteroatoms. The Hall–Kier alpha value is -2.49. The minimum atomic E-state index is -0.690. The number of aromatic nitrogens is 3. The number of hydrogen-bond donors (Lipinski definition) is 2. The second kappa shape index (κ2) is 9.27. The third-order valence-corrected chi connectivity index (χ3v) is 4.44. The molecule has 2 amide bonds. The molecule has 9 nitrogen and oxygen atoms in total. The number of nitrogens with one attached hydrogen (secondary N) is 2. The fourth-order valence-electron chi connectivity index (χ4n) is 2.36. The molecule has 142 valence electrons. The van der Waals surface area contributed by atoms with Gasteiger partial charge in [-0.15, -0.1) is 0 Å². The van der Waals surface area contributed by atoms with E-state index < -0.39 is 18.0 Å². The first-order chi connectivity index (χ1) is 12.4. The van der Waals surface area contributed by atoms with Crippen molar-refractivity contribution in [2.75, 3.05) is 24.4 Å². The molecule has 0 spiro atoms. The Morgan fingerprint density at radius 2 is 2.19 bits per heavy atom. The summed E-state index contributed by atoms with van der Waals surface area (Å²) in [4.78, 5) is 23.9. The number of amides is 2. The summed E-state index contributed by atoms with van der Waals surface area (Å²) >= 11 is 1.59. The largest absolute Gasteiger partial charge is 0.467 e. The Labute approximate surface area is 155 Å². The van der Waals surface area contributed by atoms with Crippen LogP contribution in [0.1, 0.15) is 23.4 Å². The zero-order valence-electron chi connectivity index (χ0n) is 15.2. The maximum absolute atomic E-state index is 12.1. The third-order valence-electron chi connectivity index (χ3n) is 3.79. The molecule has 1 atom stereocenters. The lowest BCUT2D eigenvalue weighted by Gasteiger charge is -2.16. The van der Waals surface area contributed by atoms with E-state index in [1.807, 2.05) is 20.1 Å². The average Bonchev–Trinajstić information content (AvgIpc) is 3.19. The Morgan fingerprint density at radius 1 is 1.42 bits per heavy atom.